The molecule has 0 aromatic heterocycles. The lowest BCUT2D eigenvalue weighted by Gasteiger charge is -2.15. The van der Waals surface area contributed by atoms with Gasteiger partial charge >= 0.3 is 11.9 Å². The highest BCUT2D eigenvalue weighted by atomic mass is 16.6. The van der Waals surface area contributed by atoms with Crippen LogP contribution in [-0.4, -0.2) is 74.0 Å². The predicted octanol–water partition coefficient (Wildman–Crippen LogP) is 2.57. The minimum Gasteiger partial charge on any atom is -0.460 e. The van der Waals surface area contributed by atoms with Crippen LogP contribution in [0.15, 0.2) is 24.3 Å². The van der Waals surface area contributed by atoms with E-state index in [2.05, 4.69) is 27.0 Å². The molecule has 2 atom stereocenters. The third-order valence-electron chi connectivity index (χ3n) is 3.48. The molecule has 0 radical (unpaired) electrons. The topological polar surface area (TPSA) is 112 Å². The number of ether oxygens (including phenoxy) is 4. The lowest BCUT2D eigenvalue weighted by Crippen LogP contribution is -2.27. The van der Waals surface area contributed by atoms with Crippen LogP contribution in [0, 0.1) is 0 Å². The molecule has 0 saturated heterocycles. The van der Waals surface area contributed by atoms with Crippen LogP contribution in [0.3, 0.4) is 0 Å². The number of carbonyl (C=O) groups is 2. The van der Waals surface area contributed by atoms with Crippen molar-refractivity contribution in [2.45, 2.75) is 65.6 Å². The molecule has 176 valence electrons. The molecule has 8 nitrogen and oxygen atoms in total. The van der Waals surface area contributed by atoms with Crippen molar-refractivity contribution in [3.63, 3.8) is 0 Å². The fourth-order valence-corrected chi connectivity index (χ4v) is 1.65. The minimum absolute atomic E-state index is 0.0438. The Bertz CT molecular complexity index is 490. The maximum Gasteiger partial charge on any atom is 0.333 e. The van der Waals surface area contributed by atoms with E-state index in [1.54, 1.807) is 13.8 Å². The molecule has 0 rings (SSSR count). The third-order valence-corrected chi connectivity index (χ3v) is 3.48. The summed E-state index contributed by atoms with van der Waals surface area (Å²) in [4.78, 5) is 22.1. The zero-order valence-corrected chi connectivity index (χ0v) is 19.0. The molecule has 0 saturated carbocycles. The van der Waals surface area contributed by atoms with E-state index in [0.29, 0.717) is 24.4 Å². The van der Waals surface area contributed by atoms with Gasteiger partial charge in [-0.3, -0.25) is 0 Å². The summed E-state index contributed by atoms with van der Waals surface area (Å²) in [5, 5.41) is 18.3. The average molecular weight is 433 g/mol. The lowest BCUT2D eigenvalue weighted by molar-refractivity contribution is -0.149. The monoisotopic (exact) mass is 432 g/mol. The summed E-state index contributed by atoms with van der Waals surface area (Å²) in [5.74, 6) is -0.976. The predicted molar refractivity (Wildman–Crippen MR) is 115 cm³/mol. The summed E-state index contributed by atoms with van der Waals surface area (Å²) < 4.78 is 20.1. The minimum atomic E-state index is -0.759. The Kier molecular flexibility index (Phi) is 20.8. The molecule has 0 bridgehead atoms. The molecule has 0 aliphatic rings. The SMILES string of the molecule is C=C(C)C(=O)OC(CO)COCCCC.C=C(C)C(=O)OCC(O)COCCCC. The largest absolute Gasteiger partial charge is 0.460 e. The molecule has 8 heteroatoms. The lowest BCUT2D eigenvalue weighted by atomic mass is 10.3. The Hall–Kier alpha value is -1.74. The Morgan fingerprint density at radius 3 is 1.80 bits per heavy atom. The van der Waals surface area contributed by atoms with Gasteiger partial charge in [-0.05, 0) is 26.7 Å². The van der Waals surface area contributed by atoms with Crippen LogP contribution < -0.4 is 0 Å². The first-order chi connectivity index (χ1) is 14.2. The van der Waals surface area contributed by atoms with Crippen molar-refractivity contribution in [2.75, 3.05) is 39.6 Å². The molecule has 0 heterocycles. The third kappa shape index (κ3) is 19.6. The van der Waals surface area contributed by atoms with Crippen LogP contribution in [0.5, 0.6) is 0 Å². The van der Waals surface area contributed by atoms with E-state index in [4.69, 9.17) is 24.1 Å². The molecule has 2 unspecified atom stereocenters. The Labute approximate surface area is 180 Å². The van der Waals surface area contributed by atoms with Crippen molar-refractivity contribution >= 4 is 11.9 Å². The molecule has 0 spiro atoms. The van der Waals surface area contributed by atoms with E-state index in [1.807, 2.05) is 0 Å². The van der Waals surface area contributed by atoms with Crippen LogP contribution in [0.2, 0.25) is 0 Å². The second kappa shape index (κ2) is 20.5. The summed E-state index contributed by atoms with van der Waals surface area (Å²) in [6.07, 6.45) is 2.69. The van der Waals surface area contributed by atoms with Crippen LogP contribution in [0.4, 0.5) is 0 Å². The van der Waals surface area contributed by atoms with Gasteiger partial charge in [-0.25, -0.2) is 9.59 Å². The first-order valence-corrected chi connectivity index (χ1v) is 10.3. The fraction of sp³-hybridized carbons (Fsp3) is 0.727. The number of rotatable bonds is 16. The summed E-state index contributed by atoms with van der Waals surface area (Å²) in [6, 6.07) is 0. The molecule has 0 aromatic rings. The normalized spacial score (nSPS) is 12.2. The number of esters is 2. The number of aliphatic hydroxyl groups is 2. The maximum absolute atomic E-state index is 11.1. The van der Waals surface area contributed by atoms with Crippen LogP contribution in [0.1, 0.15) is 53.4 Å². The summed E-state index contributed by atoms with van der Waals surface area (Å²) in [6.45, 7) is 15.5. The molecule has 2 N–H and O–H groups in total. The Morgan fingerprint density at radius 1 is 0.867 bits per heavy atom. The van der Waals surface area contributed by atoms with Crippen LogP contribution >= 0.6 is 0 Å². The van der Waals surface area contributed by atoms with E-state index in [-0.39, 0.29) is 26.4 Å². The van der Waals surface area contributed by atoms with E-state index in [0.717, 1.165) is 25.7 Å². The van der Waals surface area contributed by atoms with Crippen molar-refractivity contribution < 1.29 is 38.7 Å². The Balaban J connectivity index is 0. The molecule has 30 heavy (non-hydrogen) atoms. The first-order valence-electron chi connectivity index (χ1n) is 10.3. The Morgan fingerprint density at radius 2 is 1.37 bits per heavy atom. The number of hydrogen-bond acceptors (Lipinski definition) is 8. The van der Waals surface area contributed by atoms with Gasteiger partial charge in [-0.1, -0.05) is 39.8 Å². The van der Waals surface area contributed by atoms with Gasteiger partial charge in [0.25, 0.3) is 0 Å². The van der Waals surface area contributed by atoms with Crippen molar-refractivity contribution in [2.24, 2.45) is 0 Å². The van der Waals surface area contributed by atoms with Gasteiger partial charge in [0, 0.05) is 24.4 Å². The maximum atomic E-state index is 11.1. The van der Waals surface area contributed by atoms with Gasteiger partial charge in [-0.15, -0.1) is 0 Å². The quantitative estimate of drug-likeness (QED) is 0.217. The summed E-state index contributed by atoms with van der Waals surface area (Å²) in [7, 11) is 0. The highest BCUT2D eigenvalue weighted by molar-refractivity contribution is 5.87. The average Bonchev–Trinajstić information content (AvgIpc) is 2.71. The number of aliphatic hydroxyl groups excluding tert-OH is 2. The van der Waals surface area contributed by atoms with Crippen molar-refractivity contribution in [3.8, 4) is 0 Å². The summed E-state index contributed by atoms with van der Waals surface area (Å²) >= 11 is 0. The number of unbranched alkanes of at least 4 members (excludes halogenated alkanes) is 2. The van der Waals surface area contributed by atoms with E-state index in [9.17, 15) is 14.7 Å². The molecule has 0 aromatic carbocycles. The first kappa shape index (κ1) is 30.5. The van der Waals surface area contributed by atoms with E-state index in [1.165, 1.54) is 0 Å². The summed E-state index contributed by atoms with van der Waals surface area (Å²) in [5.41, 5.74) is 0.649. The molecule has 0 fully saturated rings. The second-order valence-electron chi connectivity index (χ2n) is 6.88. The standard InChI is InChI=1S/2C11H20O4/c1-4-5-6-14-7-10(12)8-15-11(13)9(2)3;1-4-5-6-14-8-10(7-12)15-11(13)9(2)3/h2*10,12H,2,4-8H2,1,3H3. The highest BCUT2D eigenvalue weighted by Gasteiger charge is 2.14. The van der Waals surface area contributed by atoms with E-state index < -0.39 is 24.1 Å². The highest BCUT2D eigenvalue weighted by Crippen LogP contribution is 2.00. The van der Waals surface area contributed by atoms with Gasteiger partial charge in [0.1, 0.15) is 18.8 Å². The number of hydrogen-bond donors (Lipinski definition) is 2. The zero-order chi connectivity index (χ0) is 23.4. The zero-order valence-electron chi connectivity index (χ0n) is 19.0. The molecular formula is C22H40O8. The van der Waals surface area contributed by atoms with Gasteiger partial charge in [-0.2, -0.15) is 0 Å². The van der Waals surface area contributed by atoms with Crippen molar-refractivity contribution in [1.82, 2.24) is 0 Å². The van der Waals surface area contributed by atoms with Gasteiger partial charge in [0.05, 0.1) is 19.8 Å². The molecule has 0 amide bonds. The molecular weight excluding hydrogens is 392 g/mol. The van der Waals surface area contributed by atoms with Crippen LogP contribution in [-0.2, 0) is 28.5 Å². The van der Waals surface area contributed by atoms with Crippen molar-refractivity contribution in [3.05, 3.63) is 24.3 Å². The smallest absolute Gasteiger partial charge is 0.333 e. The molecule has 0 aliphatic heterocycles. The second-order valence-corrected chi connectivity index (χ2v) is 6.88. The van der Waals surface area contributed by atoms with E-state index >= 15 is 0 Å². The van der Waals surface area contributed by atoms with Crippen molar-refractivity contribution in [1.29, 1.82) is 0 Å². The van der Waals surface area contributed by atoms with Gasteiger partial charge in [0.2, 0.25) is 0 Å². The molecule has 0 aliphatic carbocycles. The van der Waals surface area contributed by atoms with Gasteiger partial charge < -0.3 is 29.2 Å². The van der Waals surface area contributed by atoms with Gasteiger partial charge in [0.15, 0.2) is 0 Å². The van der Waals surface area contributed by atoms with Crippen LogP contribution in [0.25, 0.3) is 0 Å². The number of carbonyl (C=O) groups excluding carboxylic acids is 2. The fourth-order valence-electron chi connectivity index (χ4n) is 1.65.